The van der Waals surface area contributed by atoms with Crippen molar-refractivity contribution in [1.29, 1.82) is 0 Å². The maximum Gasteiger partial charge on any atom is 0.120 e. The third kappa shape index (κ3) is 2.99. The first-order valence-electron chi connectivity index (χ1n) is 7.53. The fraction of sp³-hybridized carbons (Fsp3) is 0.278. The van der Waals surface area contributed by atoms with E-state index in [0.717, 1.165) is 27.2 Å². The number of halogens is 1. The van der Waals surface area contributed by atoms with Gasteiger partial charge in [-0.2, -0.15) is 5.10 Å². The highest BCUT2D eigenvalue weighted by Crippen LogP contribution is 2.36. The maximum atomic E-state index is 9.87. The van der Waals surface area contributed by atoms with Crippen LogP contribution in [0.3, 0.4) is 0 Å². The number of hydrazone groups is 1. The number of hydrogen-bond donors (Lipinski definition) is 1. The van der Waals surface area contributed by atoms with E-state index in [1.165, 1.54) is 0 Å². The Bertz CT molecular complexity index is 718. The average Bonchev–Trinajstić information content (AvgIpc) is 2.91. The van der Waals surface area contributed by atoms with Crippen molar-refractivity contribution < 1.29 is 9.84 Å². The third-order valence-electron chi connectivity index (χ3n) is 4.20. The van der Waals surface area contributed by atoms with Crippen LogP contribution in [0.4, 0.5) is 5.69 Å². The van der Waals surface area contributed by atoms with Crippen molar-refractivity contribution in [2.24, 2.45) is 11.0 Å². The van der Waals surface area contributed by atoms with E-state index in [2.05, 4.69) is 35.0 Å². The number of anilines is 1. The molecule has 2 aromatic rings. The van der Waals surface area contributed by atoms with Crippen molar-refractivity contribution in [3.05, 3.63) is 58.6 Å². The van der Waals surface area contributed by atoms with Crippen LogP contribution in [0.1, 0.15) is 12.5 Å². The fourth-order valence-corrected chi connectivity index (χ4v) is 3.41. The Morgan fingerprint density at radius 1 is 1.22 bits per heavy atom. The van der Waals surface area contributed by atoms with E-state index in [4.69, 9.17) is 9.84 Å². The molecule has 0 saturated heterocycles. The summed E-state index contributed by atoms with van der Waals surface area (Å²) in [6.45, 7) is 2.14. The quantitative estimate of drug-likeness (QED) is 0.887. The molecule has 2 aromatic carbocycles. The van der Waals surface area contributed by atoms with E-state index in [1.807, 2.05) is 41.4 Å². The molecule has 0 radical (unpaired) electrons. The second kappa shape index (κ2) is 6.72. The summed E-state index contributed by atoms with van der Waals surface area (Å²) in [4.78, 5) is 0. The van der Waals surface area contributed by atoms with Gasteiger partial charge in [0.25, 0.3) is 0 Å². The van der Waals surface area contributed by atoms with Crippen molar-refractivity contribution >= 4 is 27.3 Å². The van der Waals surface area contributed by atoms with E-state index >= 15 is 0 Å². The van der Waals surface area contributed by atoms with Crippen LogP contribution in [0.25, 0.3) is 0 Å². The zero-order valence-corrected chi connectivity index (χ0v) is 14.7. The minimum atomic E-state index is -0.0881. The Kier molecular flexibility index (Phi) is 4.68. The Morgan fingerprint density at radius 2 is 1.96 bits per heavy atom. The zero-order chi connectivity index (χ0) is 16.4. The van der Waals surface area contributed by atoms with Gasteiger partial charge in [-0.05, 0) is 39.7 Å². The Hall–Kier alpha value is -1.85. The first-order valence-corrected chi connectivity index (χ1v) is 8.32. The summed E-state index contributed by atoms with van der Waals surface area (Å²) < 4.78 is 6.13. The molecule has 1 N–H and O–H groups in total. The molecule has 23 heavy (non-hydrogen) atoms. The standard InChI is InChI=1S/C18H19BrN2O2/c1-12-17(11-22)21(16-9-8-14(23-2)10-15(16)19)20-18(12)13-6-4-3-5-7-13/h3-10,12,17,22H,11H2,1-2H3/t12-,17-/m0/s1. The summed E-state index contributed by atoms with van der Waals surface area (Å²) in [6, 6.07) is 15.8. The van der Waals surface area contributed by atoms with E-state index < -0.39 is 0 Å². The van der Waals surface area contributed by atoms with Gasteiger partial charge in [-0.25, -0.2) is 0 Å². The van der Waals surface area contributed by atoms with Gasteiger partial charge in [-0.3, -0.25) is 5.01 Å². The van der Waals surface area contributed by atoms with Crippen LogP contribution in [0, 0.1) is 5.92 Å². The van der Waals surface area contributed by atoms with Crippen molar-refractivity contribution in [2.75, 3.05) is 18.7 Å². The van der Waals surface area contributed by atoms with Crippen LogP contribution in [0.15, 0.2) is 58.1 Å². The minimum absolute atomic E-state index is 0.0411. The van der Waals surface area contributed by atoms with E-state index in [0.29, 0.717) is 0 Å². The van der Waals surface area contributed by atoms with Gasteiger partial charge in [-0.15, -0.1) is 0 Å². The van der Waals surface area contributed by atoms with Crippen LogP contribution in [0.5, 0.6) is 5.75 Å². The number of benzene rings is 2. The lowest BCUT2D eigenvalue weighted by Crippen LogP contribution is -2.35. The minimum Gasteiger partial charge on any atom is -0.497 e. The molecule has 0 unspecified atom stereocenters. The van der Waals surface area contributed by atoms with Crippen LogP contribution < -0.4 is 9.75 Å². The van der Waals surface area contributed by atoms with Gasteiger partial charge in [-0.1, -0.05) is 37.3 Å². The maximum absolute atomic E-state index is 9.87. The summed E-state index contributed by atoms with van der Waals surface area (Å²) in [5.41, 5.74) is 3.00. The highest BCUT2D eigenvalue weighted by molar-refractivity contribution is 9.10. The average molecular weight is 375 g/mol. The largest absolute Gasteiger partial charge is 0.497 e. The number of methoxy groups -OCH3 is 1. The molecule has 4 nitrogen and oxygen atoms in total. The molecule has 1 aliphatic rings. The lowest BCUT2D eigenvalue weighted by atomic mass is 9.93. The topological polar surface area (TPSA) is 45.1 Å². The van der Waals surface area contributed by atoms with Gasteiger partial charge in [0.05, 0.1) is 31.2 Å². The van der Waals surface area contributed by atoms with E-state index in [1.54, 1.807) is 7.11 Å². The summed E-state index contributed by atoms with van der Waals surface area (Å²) in [6.07, 6.45) is 0. The molecule has 0 saturated carbocycles. The van der Waals surface area contributed by atoms with Crippen molar-refractivity contribution in [3.8, 4) is 5.75 Å². The monoisotopic (exact) mass is 374 g/mol. The second-order valence-electron chi connectivity index (χ2n) is 5.55. The number of hydrogen-bond acceptors (Lipinski definition) is 4. The molecule has 1 heterocycles. The smallest absolute Gasteiger partial charge is 0.120 e. The van der Waals surface area contributed by atoms with Gasteiger partial charge in [0.15, 0.2) is 0 Å². The second-order valence-corrected chi connectivity index (χ2v) is 6.41. The predicted octanol–water partition coefficient (Wildman–Crippen LogP) is 3.68. The Balaban J connectivity index is 2.02. The van der Waals surface area contributed by atoms with Gasteiger partial charge < -0.3 is 9.84 Å². The zero-order valence-electron chi connectivity index (χ0n) is 13.1. The third-order valence-corrected chi connectivity index (χ3v) is 4.83. The first-order chi connectivity index (χ1) is 11.2. The van der Waals surface area contributed by atoms with Crippen molar-refractivity contribution in [3.63, 3.8) is 0 Å². The van der Waals surface area contributed by atoms with E-state index in [-0.39, 0.29) is 18.6 Å². The molecule has 2 atom stereocenters. The molecule has 0 bridgehead atoms. The van der Waals surface area contributed by atoms with Crippen LogP contribution in [-0.2, 0) is 0 Å². The number of nitrogens with zero attached hydrogens (tertiary/aromatic N) is 2. The highest BCUT2D eigenvalue weighted by Gasteiger charge is 2.35. The van der Waals surface area contributed by atoms with Crippen LogP contribution in [-0.4, -0.2) is 30.6 Å². The molecular formula is C18H19BrN2O2. The molecular weight excluding hydrogens is 356 g/mol. The Labute approximate surface area is 144 Å². The number of aliphatic hydroxyl groups is 1. The molecule has 0 amide bonds. The Morgan fingerprint density at radius 3 is 2.57 bits per heavy atom. The van der Waals surface area contributed by atoms with Gasteiger partial charge in [0, 0.05) is 10.4 Å². The number of aliphatic hydroxyl groups excluding tert-OH is 1. The molecule has 0 aromatic heterocycles. The summed E-state index contributed by atoms with van der Waals surface area (Å²) in [5, 5.41) is 16.6. The molecule has 5 heteroatoms. The van der Waals surface area contributed by atoms with Crippen LogP contribution in [0.2, 0.25) is 0 Å². The molecule has 0 spiro atoms. The predicted molar refractivity (Wildman–Crippen MR) is 96.2 cm³/mol. The lowest BCUT2D eigenvalue weighted by Gasteiger charge is -2.25. The summed E-state index contributed by atoms with van der Waals surface area (Å²) in [7, 11) is 1.64. The van der Waals surface area contributed by atoms with Crippen molar-refractivity contribution in [1.82, 2.24) is 0 Å². The summed E-state index contributed by atoms with van der Waals surface area (Å²) >= 11 is 3.58. The number of ether oxygens (including phenoxy) is 1. The highest BCUT2D eigenvalue weighted by atomic mass is 79.9. The van der Waals surface area contributed by atoms with Gasteiger partial charge >= 0.3 is 0 Å². The molecule has 3 rings (SSSR count). The molecule has 1 aliphatic heterocycles. The van der Waals surface area contributed by atoms with Gasteiger partial charge in [0.2, 0.25) is 0 Å². The first kappa shape index (κ1) is 16.0. The molecule has 0 fully saturated rings. The normalized spacial score (nSPS) is 20.5. The lowest BCUT2D eigenvalue weighted by molar-refractivity contribution is 0.250. The number of rotatable bonds is 4. The van der Waals surface area contributed by atoms with Crippen molar-refractivity contribution in [2.45, 2.75) is 13.0 Å². The summed E-state index contributed by atoms with van der Waals surface area (Å²) in [5.74, 6) is 0.914. The molecule has 120 valence electrons. The fourth-order valence-electron chi connectivity index (χ4n) is 2.87. The van der Waals surface area contributed by atoms with Gasteiger partial charge in [0.1, 0.15) is 5.75 Å². The molecule has 0 aliphatic carbocycles. The SMILES string of the molecule is COc1ccc(N2N=C(c3ccccc3)[C@@H](C)[C@@H]2CO)c(Br)c1. The van der Waals surface area contributed by atoms with Crippen LogP contribution >= 0.6 is 15.9 Å². The van der Waals surface area contributed by atoms with E-state index in [9.17, 15) is 5.11 Å².